The molecule has 2 aliphatic heterocycles. The van der Waals surface area contributed by atoms with Crippen molar-refractivity contribution in [3.8, 4) is 11.9 Å². The number of likely N-dealkylation sites (tertiary alicyclic amines) is 1. The van der Waals surface area contributed by atoms with E-state index < -0.39 is 35.6 Å². The molecule has 1 aromatic heterocycles. The third-order valence-corrected chi connectivity index (χ3v) is 4.87. The van der Waals surface area contributed by atoms with E-state index in [1.54, 1.807) is 0 Å². The van der Waals surface area contributed by atoms with Crippen molar-refractivity contribution in [1.82, 2.24) is 19.9 Å². The van der Waals surface area contributed by atoms with Gasteiger partial charge in [0.25, 0.3) is 5.88 Å². The lowest BCUT2D eigenvalue weighted by molar-refractivity contribution is 0.140. The van der Waals surface area contributed by atoms with Crippen molar-refractivity contribution in [3.05, 3.63) is 47.4 Å². The van der Waals surface area contributed by atoms with Crippen LogP contribution in [0.15, 0.2) is 29.5 Å². The average Bonchev–Trinajstić information content (AvgIpc) is 3.38. The number of hydrogen-bond donors (Lipinski definition) is 0. The van der Waals surface area contributed by atoms with Crippen LogP contribution in [-0.4, -0.2) is 58.4 Å². The summed E-state index contributed by atoms with van der Waals surface area (Å²) in [6, 6.07) is 2.12. The first-order chi connectivity index (χ1) is 14.4. The van der Waals surface area contributed by atoms with E-state index in [9.17, 15) is 18.0 Å². The minimum atomic E-state index is -0.714. The number of ether oxygens (including phenoxy) is 2. The highest BCUT2D eigenvalue weighted by Crippen LogP contribution is 2.31. The number of benzene rings is 1. The minimum Gasteiger partial charge on any atom is -0.479 e. The molecule has 158 valence electrons. The Bertz CT molecular complexity index is 970. The fraction of sp³-hybridized carbons (Fsp3) is 0.368. The van der Waals surface area contributed by atoms with Crippen LogP contribution < -0.4 is 9.47 Å². The molecule has 1 aromatic carbocycles. The molecule has 8 nitrogen and oxygen atoms in total. The molecule has 2 aromatic rings. The first-order valence-electron chi connectivity index (χ1n) is 9.24. The molecule has 0 aliphatic carbocycles. The molecule has 4 rings (SSSR count). The molecule has 0 bridgehead atoms. The molecule has 0 spiro atoms. The first-order valence-corrected chi connectivity index (χ1v) is 9.24. The zero-order chi connectivity index (χ0) is 21.3. The number of methoxy groups -OCH3 is 1. The predicted octanol–water partition coefficient (Wildman–Crippen LogP) is 2.91. The zero-order valence-corrected chi connectivity index (χ0v) is 16.0. The van der Waals surface area contributed by atoms with Gasteiger partial charge in [-0.05, 0) is 17.7 Å². The smallest absolute Gasteiger partial charge is 0.341 e. The standard InChI is InChI=1S/C19H18F3N5O3/c1-29-17-15(22)9-23-18(25-17)30-14-3-5-26(10-14)19(28)27-16(2-4-24-27)11-6-12(20)8-13(21)7-11/h4,6-9,14,16H,2-3,5,10H2,1H3. The van der Waals surface area contributed by atoms with Gasteiger partial charge in [-0.15, -0.1) is 0 Å². The lowest BCUT2D eigenvalue weighted by Gasteiger charge is -2.27. The van der Waals surface area contributed by atoms with Crippen molar-refractivity contribution < 1.29 is 27.4 Å². The van der Waals surface area contributed by atoms with E-state index in [0.29, 0.717) is 24.9 Å². The van der Waals surface area contributed by atoms with Crippen LogP contribution in [0, 0.1) is 17.5 Å². The fourth-order valence-corrected chi connectivity index (χ4v) is 3.47. The molecule has 0 saturated carbocycles. The van der Waals surface area contributed by atoms with Crippen molar-refractivity contribution in [2.75, 3.05) is 20.2 Å². The Balaban J connectivity index is 1.42. The van der Waals surface area contributed by atoms with Crippen molar-refractivity contribution in [2.24, 2.45) is 5.10 Å². The topological polar surface area (TPSA) is 80.2 Å². The van der Waals surface area contributed by atoms with Gasteiger partial charge in [0.2, 0.25) is 5.82 Å². The van der Waals surface area contributed by atoms with Gasteiger partial charge < -0.3 is 14.4 Å². The van der Waals surface area contributed by atoms with E-state index >= 15 is 0 Å². The maximum absolute atomic E-state index is 13.6. The van der Waals surface area contributed by atoms with Crippen molar-refractivity contribution in [1.29, 1.82) is 0 Å². The van der Waals surface area contributed by atoms with Crippen LogP contribution in [0.25, 0.3) is 0 Å². The number of hydrazone groups is 1. The number of halogens is 3. The van der Waals surface area contributed by atoms with Gasteiger partial charge in [0.1, 0.15) is 17.7 Å². The normalized spacial score (nSPS) is 20.7. The Kier molecular flexibility index (Phi) is 5.42. The Hall–Kier alpha value is -3.37. The van der Waals surface area contributed by atoms with Crippen molar-refractivity contribution >= 4 is 12.2 Å². The van der Waals surface area contributed by atoms with Gasteiger partial charge in [-0.2, -0.15) is 14.5 Å². The molecule has 3 heterocycles. The second-order valence-electron chi connectivity index (χ2n) is 6.86. The molecule has 2 atom stereocenters. The predicted molar refractivity (Wildman–Crippen MR) is 98.6 cm³/mol. The molecule has 2 aliphatic rings. The number of rotatable bonds is 4. The average molecular weight is 421 g/mol. The summed E-state index contributed by atoms with van der Waals surface area (Å²) in [5.41, 5.74) is 0.331. The summed E-state index contributed by atoms with van der Waals surface area (Å²) in [5.74, 6) is -2.37. The third-order valence-electron chi connectivity index (χ3n) is 4.87. The molecular weight excluding hydrogens is 403 g/mol. The number of amides is 2. The second-order valence-corrected chi connectivity index (χ2v) is 6.86. The summed E-state index contributed by atoms with van der Waals surface area (Å²) >= 11 is 0. The lowest BCUT2D eigenvalue weighted by Crippen LogP contribution is -2.40. The highest BCUT2D eigenvalue weighted by atomic mass is 19.1. The number of aromatic nitrogens is 2. The van der Waals surface area contributed by atoms with Crippen LogP contribution in [0.5, 0.6) is 11.9 Å². The summed E-state index contributed by atoms with van der Waals surface area (Å²) in [6.07, 6.45) is 2.94. The highest BCUT2D eigenvalue weighted by molar-refractivity contribution is 5.78. The molecule has 2 unspecified atom stereocenters. The minimum absolute atomic E-state index is 0.0557. The van der Waals surface area contributed by atoms with Crippen LogP contribution in [0.1, 0.15) is 24.4 Å². The maximum Gasteiger partial charge on any atom is 0.341 e. The number of hydrogen-bond acceptors (Lipinski definition) is 6. The molecule has 1 fully saturated rings. The molecule has 30 heavy (non-hydrogen) atoms. The Morgan fingerprint density at radius 1 is 1.20 bits per heavy atom. The third kappa shape index (κ3) is 4.00. The van der Waals surface area contributed by atoms with Gasteiger partial charge in [0.05, 0.1) is 25.9 Å². The first kappa shape index (κ1) is 19.9. The largest absolute Gasteiger partial charge is 0.479 e. The van der Waals surface area contributed by atoms with Crippen molar-refractivity contribution in [2.45, 2.75) is 25.0 Å². The van der Waals surface area contributed by atoms with Gasteiger partial charge in [0.15, 0.2) is 0 Å². The summed E-state index contributed by atoms with van der Waals surface area (Å²) in [7, 11) is 1.28. The quantitative estimate of drug-likeness (QED) is 0.759. The van der Waals surface area contributed by atoms with E-state index in [4.69, 9.17) is 9.47 Å². The number of carbonyl (C=O) groups excluding carboxylic acids is 1. The van der Waals surface area contributed by atoms with Gasteiger partial charge >= 0.3 is 12.0 Å². The van der Waals surface area contributed by atoms with E-state index in [0.717, 1.165) is 12.3 Å². The van der Waals surface area contributed by atoms with Gasteiger partial charge in [0, 0.05) is 31.7 Å². The summed E-state index contributed by atoms with van der Waals surface area (Å²) in [6.45, 7) is 0.621. The maximum atomic E-state index is 13.6. The number of nitrogens with zero attached hydrogens (tertiary/aromatic N) is 5. The van der Waals surface area contributed by atoms with Crippen LogP contribution >= 0.6 is 0 Å². The highest BCUT2D eigenvalue weighted by Gasteiger charge is 2.36. The number of urea groups is 1. The van der Waals surface area contributed by atoms with Gasteiger partial charge in [-0.25, -0.2) is 23.6 Å². The monoisotopic (exact) mass is 421 g/mol. The Morgan fingerprint density at radius 2 is 1.97 bits per heavy atom. The summed E-state index contributed by atoms with van der Waals surface area (Å²) in [4.78, 5) is 22.1. The molecular formula is C19H18F3N5O3. The van der Waals surface area contributed by atoms with E-state index in [2.05, 4.69) is 15.1 Å². The lowest BCUT2D eigenvalue weighted by atomic mass is 10.0. The van der Waals surface area contributed by atoms with E-state index in [-0.39, 0.29) is 18.4 Å². The molecule has 0 N–H and O–H groups in total. The molecule has 11 heteroatoms. The number of carbonyl (C=O) groups is 1. The fourth-order valence-electron chi connectivity index (χ4n) is 3.47. The molecule has 1 saturated heterocycles. The Labute approximate surface area is 169 Å². The molecule has 0 radical (unpaired) electrons. The van der Waals surface area contributed by atoms with Crippen molar-refractivity contribution in [3.63, 3.8) is 0 Å². The summed E-state index contributed by atoms with van der Waals surface area (Å²) in [5, 5.41) is 5.30. The van der Waals surface area contributed by atoms with E-state index in [1.165, 1.54) is 35.4 Å². The van der Waals surface area contributed by atoms with E-state index in [1.807, 2.05) is 0 Å². The van der Waals surface area contributed by atoms with Crippen LogP contribution in [0.4, 0.5) is 18.0 Å². The van der Waals surface area contributed by atoms with Crippen LogP contribution in [0.2, 0.25) is 0 Å². The van der Waals surface area contributed by atoms with Gasteiger partial charge in [-0.1, -0.05) is 0 Å². The van der Waals surface area contributed by atoms with Crippen LogP contribution in [-0.2, 0) is 0 Å². The second kappa shape index (κ2) is 8.17. The van der Waals surface area contributed by atoms with Crippen LogP contribution in [0.3, 0.4) is 0 Å². The SMILES string of the molecule is COc1nc(OC2CCN(C(=O)N3N=CCC3c3cc(F)cc(F)c3)C2)ncc1F. The summed E-state index contributed by atoms with van der Waals surface area (Å²) < 4.78 is 51.1. The van der Waals surface area contributed by atoms with Gasteiger partial charge in [-0.3, -0.25) is 0 Å². The molecule has 2 amide bonds. The zero-order valence-electron chi connectivity index (χ0n) is 16.0. The Morgan fingerprint density at radius 3 is 2.70 bits per heavy atom.